The maximum Gasteiger partial charge on any atom is 0.258 e. The zero-order valence-electron chi connectivity index (χ0n) is 15.2. The molecule has 1 aliphatic rings. The summed E-state index contributed by atoms with van der Waals surface area (Å²) in [6, 6.07) is 12.5. The molecule has 2 aromatic carbocycles. The summed E-state index contributed by atoms with van der Waals surface area (Å²) in [6.07, 6.45) is 1.76. The summed E-state index contributed by atoms with van der Waals surface area (Å²) in [5.74, 6) is 0.588. The van der Waals surface area contributed by atoms with Crippen molar-refractivity contribution in [1.82, 2.24) is 14.5 Å². The third-order valence-corrected chi connectivity index (χ3v) is 5.68. The van der Waals surface area contributed by atoms with E-state index in [1.807, 2.05) is 25.1 Å². The number of fused-ring (bicyclic) bond motifs is 1. The molecule has 27 heavy (non-hydrogen) atoms. The van der Waals surface area contributed by atoms with Crippen molar-refractivity contribution in [2.75, 3.05) is 13.1 Å². The van der Waals surface area contributed by atoms with Gasteiger partial charge in [-0.1, -0.05) is 29.8 Å². The van der Waals surface area contributed by atoms with Crippen LogP contribution < -0.4 is 0 Å². The second-order valence-corrected chi connectivity index (χ2v) is 7.50. The fourth-order valence-corrected chi connectivity index (χ4v) is 4.11. The molecule has 0 atom stereocenters. The lowest BCUT2D eigenvalue weighted by atomic mass is 9.96. The third kappa shape index (κ3) is 3.44. The Hall–Kier alpha value is -2.40. The fourth-order valence-electron chi connectivity index (χ4n) is 3.86. The molecule has 0 aliphatic carbocycles. The maximum atomic E-state index is 14.0. The van der Waals surface area contributed by atoms with Crippen LogP contribution in [0.3, 0.4) is 0 Å². The Morgan fingerprint density at radius 1 is 1.19 bits per heavy atom. The van der Waals surface area contributed by atoms with E-state index in [1.54, 1.807) is 11.0 Å². The normalized spacial score (nSPS) is 15.4. The highest BCUT2D eigenvalue weighted by Gasteiger charge is 2.27. The zero-order chi connectivity index (χ0) is 19.0. The third-order valence-electron chi connectivity index (χ3n) is 5.36. The number of hydrogen-bond donors (Lipinski definition) is 0. The molecule has 1 aliphatic heterocycles. The van der Waals surface area contributed by atoms with Gasteiger partial charge in [0.05, 0.1) is 21.6 Å². The summed E-state index contributed by atoms with van der Waals surface area (Å²) in [7, 11) is 0. The summed E-state index contributed by atoms with van der Waals surface area (Å²) in [5.41, 5.74) is 2.14. The van der Waals surface area contributed by atoms with E-state index >= 15 is 0 Å². The number of rotatable bonds is 3. The molecule has 1 aromatic heterocycles. The van der Waals surface area contributed by atoms with E-state index in [9.17, 15) is 9.18 Å². The number of imidazole rings is 1. The summed E-state index contributed by atoms with van der Waals surface area (Å²) in [5, 5.41) is 0.169. The minimum atomic E-state index is -0.560. The molecule has 2 heterocycles. The molecule has 4 rings (SSSR count). The Kier molecular flexibility index (Phi) is 4.87. The first-order chi connectivity index (χ1) is 13.0. The highest BCUT2D eigenvalue weighted by molar-refractivity contribution is 6.33. The van der Waals surface area contributed by atoms with Crippen molar-refractivity contribution in [3.8, 4) is 0 Å². The summed E-state index contributed by atoms with van der Waals surface area (Å²) in [4.78, 5) is 19.0. The number of carbonyl (C=O) groups excluding carboxylic acids is 1. The standard InChI is InChI=1S/C21H21ClFN3O/c1-14-24-18-7-2-3-8-19(18)26(14)13-15-9-11-25(12-10-15)21(27)20-16(22)5-4-6-17(20)23/h2-8,15H,9-13H2,1H3. The second kappa shape index (κ2) is 7.31. The van der Waals surface area contributed by atoms with Crippen LogP contribution >= 0.6 is 11.6 Å². The molecular weight excluding hydrogens is 365 g/mol. The highest BCUT2D eigenvalue weighted by Crippen LogP contribution is 2.26. The van der Waals surface area contributed by atoms with Gasteiger partial charge in [-0.05, 0) is 49.9 Å². The highest BCUT2D eigenvalue weighted by atomic mass is 35.5. The van der Waals surface area contributed by atoms with Crippen LogP contribution in [0.15, 0.2) is 42.5 Å². The molecule has 0 N–H and O–H groups in total. The van der Waals surface area contributed by atoms with Gasteiger partial charge in [0.25, 0.3) is 5.91 Å². The maximum absolute atomic E-state index is 14.0. The number of halogens is 2. The summed E-state index contributed by atoms with van der Waals surface area (Å²) in [6.45, 7) is 4.13. The number of nitrogens with zero attached hydrogens (tertiary/aromatic N) is 3. The molecule has 3 aromatic rings. The molecular formula is C21H21ClFN3O. The minimum Gasteiger partial charge on any atom is -0.338 e. The van der Waals surface area contributed by atoms with Crippen molar-refractivity contribution in [2.24, 2.45) is 5.92 Å². The van der Waals surface area contributed by atoms with Gasteiger partial charge in [-0.3, -0.25) is 4.79 Å². The minimum absolute atomic E-state index is 0.0194. The molecule has 0 saturated carbocycles. The van der Waals surface area contributed by atoms with Crippen molar-refractivity contribution in [1.29, 1.82) is 0 Å². The zero-order valence-corrected chi connectivity index (χ0v) is 15.9. The number of amides is 1. The molecule has 6 heteroatoms. The van der Waals surface area contributed by atoms with Gasteiger partial charge < -0.3 is 9.47 Å². The van der Waals surface area contributed by atoms with Crippen LogP contribution in [0, 0.1) is 18.7 Å². The molecule has 1 saturated heterocycles. The van der Waals surface area contributed by atoms with Crippen LogP contribution in [0.4, 0.5) is 4.39 Å². The lowest BCUT2D eigenvalue weighted by molar-refractivity contribution is 0.0678. The van der Waals surface area contributed by atoms with Gasteiger partial charge in [0.2, 0.25) is 0 Å². The van der Waals surface area contributed by atoms with E-state index in [0.717, 1.165) is 36.2 Å². The Balaban J connectivity index is 1.45. The molecule has 1 fully saturated rings. The molecule has 4 nitrogen and oxygen atoms in total. The average molecular weight is 386 g/mol. The summed E-state index contributed by atoms with van der Waals surface area (Å²) >= 11 is 6.04. The number of benzene rings is 2. The number of aromatic nitrogens is 2. The van der Waals surface area contributed by atoms with E-state index in [2.05, 4.69) is 15.6 Å². The first-order valence-corrected chi connectivity index (χ1v) is 9.57. The van der Waals surface area contributed by atoms with Crippen molar-refractivity contribution < 1.29 is 9.18 Å². The fraction of sp³-hybridized carbons (Fsp3) is 0.333. The van der Waals surface area contributed by atoms with Gasteiger partial charge in [-0.25, -0.2) is 9.37 Å². The van der Waals surface area contributed by atoms with Crippen molar-refractivity contribution in [3.05, 3.63) is 64.7 Å². The van der Waals surface area contributed by atoms with Crippen LogP contribution in [-0.4, -0.2) is 33.4 Å². The second-order valence-electron chi connectivity index (χ2n) is 7.09. The predicted octanol–water partition coefficient (Wildman–Crippen LogP) is 4.69. The number of para-hydroxylation sites is 2. The average Bonchev–Trinajstić information content (AvgIpc) is 2.97. The van der Waals surface area contributed by atoms with Crippen molar-refractivity contribution in [3.63, 3.8) is 0 Å². The Labute approximate surface area is 162 Å². The molecule has 140 valence electrons. The summed E-state index contributed by atoms with van der Waals surface area (Å²) < 4.78 is 16.3. The Morgan fingerprint density at radius 3 is 2.67 bits per heavy atom. The van der Waals surface area contributed by atoms with Crippen LogP contribution in [-0.2, 0) is 6.54 Å². The smallest absolute Gasteiger partial charge is 0.258 e. The van der Waals surface area contributed by atoms with E-state index < -0.39 is 5.82 Å². The molecule has 0 bridgehead atoms. The van der Waals surface area contributed by atoms with Gasteiger partial charge in [0, 0.05) is 19.6 Å². The number of aryl methyl sites for hydroxylation is 1. The number of carbonyl (C=O) groups is 1. The van der Waals surface area contributed by atoms with Gasteiger partial charge in [-0.15, -0.1) is 0 Å². The number of piperidine rings is 1. The van der Waals surface area contributed by atoms with Crippen LogP contribution in [0.25, 0.3) is 11.0 Å². The van der Waals surface area contributed by atoms with Crippen LogP contribution in [0.2, 0.25) is 5.02 Å². The van der Waals surface area contributed by atoms with Crippen LogP contribution in [0.5, 0.6) is 0 Å². The molecule has 0 radical (unpaired) electrons. The lowest BCUT2D eigenvalue weighted by Gasteiger charge is -2.32. The largest absolute Gasteiger partial charge is 0.338 e. The SMILES string of the molecule is Cc1nc2ccccc2n1CC1CCN(C(=O)c2c(F)cccc2Cl)CC1. The molecule has 0 unspecified atom stereocenters. The Bertz CT molecular complexity index is 972. The molecule has 1 amide bonds. The quantitative estimate of drug-likeness (QED) is 0.656. The van der Waals surface area contributed by atoms with Gasteiger partial charge in [0.1, 0.15) is 11.6 Å². The van der Waals surface area contributed by atoms with Crippen molar-refractivity contribution >= 4 is 28.5 Å². The van der Waals surface area contributed by atoms with Gasteiger partial charge in [0.15, 0.2) is 0 Å². The first-order valence-electron chi connectivity index (χ1n) is 9.19. The van der Waals surface area contributed by atoms with Crippen molar-refractivity contribution in [2.45, 2.75) is 26.3 Å². The number of likely N-dealkylation sites (tertiary alicyclic amines) is 1. The van der Waals surface area contributed by atoms with E-state index in [4.69, 9.17) is 11.6 Å². The van der Waals surface area contributed by atoms with Gasteiger partial charge >= 0.3 is 0 Å². The lowest BCUT2D eigenvalue weighted by Crippen LogP contribution is -2.39. The molecule has 0 spiro atoms. The topological polar surface area (TPSA) is 38.1 Å². The van der Waals surface area contributed by atoms with E-state index in [1.165, 1.54) is 12.1 Å². The predicted molar refractivity (Wildman–Crippen MR) is 105 cm³/mol. The van der Waals surface area contributed by atoms with Gasteiger partial charge in [-0.2, -0.15) is 0 Å². The number of hydrogen-bond acceptors (Lipinski definition) is 2. The first kappa shape index (κ1) is 18.0. The van der Waals surface area contributed by atoms with E-state index in [0.29, 0.717) is 19.0 Å². The Morgan fingerprint density at radius 2 is 1.93 bits per heavy atom. The van der Waals surface area contributed by atoms with Crippen LogP contribution in [0.1, 0.15) is 29.0 Å². The monoisotopic (exact) mass is 385 g/mol. The van der Waals surface area contributed by atoms with E-state index in [-0.39, 0.29) is 16.5 Å².